The fourth-order valence-electron chi connectivity index (χ4n) is 2.35. The molecule has 5 nitrogen and oxygen atoms in total. The number of nitrogens with zero attached hydrogens (tertiary/aromatic N) is 1. The Labute approximate surface area is 129 Å². The number of nitrogens with one attached hydrogen (secondary N) is 1. The molecule has 0 aliphatic carbocycles. The fraction of sp³-hybridized carbons (Fsp3) is 0.235. The first-order chi connectivity index (χ1) is 10.6. The van der Waals surface area contributed by atoms with E-state index in [9.17, 15) is 14.9 Å². The summed E-state index contributed by atoms with van der Waals surface area (Å²) in [7, 11) is 0. The van der Waals surface area contributed by atoms with Gasteiger partial charge in [-0.15, -0.1) is 0 Å². The van der Waals surface area contributed by atoms with Gasteiger partial charge in [0.05, 0.1) is 10.8 Å². The maximum absolute atomic E-state index is 12.5. The zero-order valence-electron chi connectivity index (χ0n) is 12.4. The van der Waals surface area contributed by atoms with E-state index in [2.05, 4.69) is 5.32 Å². The van der Waals surface area contributed by atoms with Gasteiger partial charge in [0.1, 0.15) is 0 Å². The number of non-ortho nitro benzene ring substituents is 1. The topological polar surface area (TPSA) is 72.2 Å². The predicted octanol–water partition coefficient (Wildman–Crippen LogP) is 4.12. The van der Waals surface area contributed by atoms with Crippen LogP contribution in [0, 0.1) is 10.1 Å². The molecule has 0 saturated heterocycles. The molecule has 1 atom stereocenters. The summed E-state index contributed by atoms with van der Waals surface area (Å²) in [5.74, 6) is -0.404. The monoisotopic (exact) mass is 298 g/mol. The Hall–Kier alpha value is -2.69. The van der Waals surface area contributed by atoms with Gasteiger partial charge in [0.2, 0.25) is 5.91 Å². The molecule has 1 unspecified atom stereocenters. The lowest BCUT2D eigenvalue weighted by Crippen LogP contribution is -2.21. The largest absolute Gasteiger partial charge is 0.325 e. The molecule has 5 heteroatoms. The van der Waals surface area contributed by atoms with E-state index in [0.29, 0.717) is 5.69 Å². The number of hydrogen-bond acceptors (Lipinski definition) is 3. The molecule has 0 aliphatic rings. The van der Waals surface area contributed by atoms with Crippen molar-refractivity contribution in [3.05, 3.63) is 70.3 Å². The molecule has 1 N–H and O–H groups in total. The molecule has 0 heterocycles. The Morgan fingerprint density at radius 1 is 1.18 bits per heavy atom. The zero-order chi connectivity index (χ0) is 15.9. The number of nitro benzene ring substituents is 1. The molecule has 0 fully saturated rings. The molecule has 2 aromatic carbocycles. The summed E-state index contributed by atoms with van der Waals surface area (Å²) in [5.41, 5.74) is 1.35. The number of hydrogen-bond donors (Lipinski definition) is 1. The second-order valence-electron chi connectivity index (χ2n) is 5.05. The first kappa shape index (κ1) is 15.7. The molecule has 2 aromatic rings. The first-order valence-corrected chi connectivity index (χ1v) is 7.22. The van der Waals surface area contributed by atoms with E-state index >= 15 is 0 Å². The minimum atomic E-state index is -0.476. The van der Waals surface area contributed by atoms with Gasteiger partial charge in [0.25, 0.3) is 5.69 Å². The van der Waals surface area contributed by atoms with E-state index in [1.807, 2.05) is 37.3 Å². The normalized spacial score (nSPS) is 11.7. The maximum atomic E-state index is 12.5. The summed E-state index contributed by atoms with van der Waals surface area (Å²) in [6.45, 7) is 2.02. The highest BCUT2D eigenvalue weighted by atomic mass is 16.6. The number of nitro groups is 1. The van der Waals surface area contributed by atoms with Crippen molar-refractivity contribution in [2.24, 2.45) is 0 Å². The van der Waals surface area contributed by atoms with Gasteiger partial charge in [0.15, 0.2) is 0 Å². The van der Waals surface area contributed by atoms with Crippen LogP contribution < -0.4 is 5.32 Å². The Morgan fingerprint density at radius 2 is 1.91 bits per heavy atom. The minimum absolute atomic E-state index is 0.0375. The molecule has 0 aromatic heterocycles. The van der Waals surface area contributed by atoms with Crippen molar-refractivity contribution in [1.29, 1.82) is 0 Å². The van der Waals surface area contributed by atoms with Crippen molar-refractivity contribution < 1.29 is 9.72 Å². The molecule has 114 valence electrons. The molecular formula is C17H18N2O3. The lowest BCUT2D eigenvalue weighted by molar-refractivity contribution is -0.384. The SMILES string of the molecule is CCCC(C(=O)Nc1cccc([N+](=O)[O-])c1)c1ccccc1. The number of anilines is 1. The van der Waals surface area contributed by atoms with E-state index in [4.69, 9.17) is 0 Å². The van der Waals surface area contributed by atoms with E-state index in [0.717, 1.165) is 18.4 Å². The lowest BCUT2D eigenvalue weighted by atomic mass is 9.93. The second-order valence-corrected chi connectivity index (χ2v) is 5.05. The highest BCUT2D eigenvalue weighted by molar-refractivity contribution is 5.96. The molecule has 22 heavy (non-hydrogen) atoms. The summed E-state index contributed by atoms with van der Waals surface area (Å²) in [4.78, 5) is 22.8. The third-order valence-electron chi connectivity index (χ3n) is 3.42. The van der Waals surface area contributed by atoms with Gasteiger partial charge in [-0.2, -0.15) is 0 Å². The highest BCUT2D eigenvalue weighted by Crippen LogP contribution is 2.24. The predicted molar refractivity (Wildman–Crippen MR) is 85.8 cm³/mol. The van der Waals surface area contributed by atoms with Crippen LogP contribution in [0.25, 0.3) is 0 Å². The van der Waals surface area contributed by atoms with Crippen LogP contribution in [-0.4, -0.2) is 10.8 Å². The van der Waals surface area contributed by atoms with Gasteiger partial charge in [-0.3, -0.25) is 14.9 Å². The highest BCUT2D eigenvalue weighted by Gasteiger charge is 2.20. The van der Waals surface area contributed by atoms with Gasteiger partial charge in [-0.1, -0.05) is 49.7 Å². The summed E-state index contributed by atoms with van der Waals surface area (Å²) in [6.07, 6.45) is 1.60. The van der Waals surface area contributed by atoms with Crippen LogP contribution in [0.5, 0.6) is 0 Å². The van der Waals surface area contributed by atoms with E-state index in [1.165, 1.54) is 12.1 Å². The quantitative estimate of drug-likeness (QED) is 0.644. The average Bonchev–Trinajstić information content (AvgIpc) is 2.53. The van der Waals surface area contributed by atoms with Gasteiger partial charge in [-0.25, -0.2) is 0 Å². The zero-order valence-corrected chi connectivity index (χ0v) is 12.4. The van der Waals surface area contributed by atoms with Crippen LogP contribution in [0.4, 0.5) is 11.4 Å². The summed E-state index contributed by atoms with van der Waals surface area (Å²) < 4.78 is 0. The Kier molecular flexibility index (Phi) is 5.25. The molecular weight excluding hydrogens is 280 g/mol. The number of benzene rings is 2. The molecule has 0 radical (unpaired) electrons. The van der Waals surface area contributed by atoms with Gasteiger partial charge in [0, 0.05) is 17.8 Å². The number of carbonyl (C=O) groups is 1. The van der Waals surface area contributed by atoms with Gasteiger partial charge >= 0.3 is 0 Å². The fourth-order valence-corrected chi connectivity index (χ4v) is 2.35. The van der Waals surface area contributed by atoms with Crippen molar-refractivity contribution in [2.75, 3.05) is 5.32 Å². The molecule has 2 rings (SSSR count). The van der Waals surface area contributed by atoms with Crippen molar-refractivity contribution in [2.45, 2.75) is 25.7 Å². The standard InChI is InChI=1S/C17H18N2O3/c1-2-7-16(13-8-4-3-5-9-13)17(20)18-14-10-6-11-15(12-14)19(21)22/h3-6,8-12,16H,2,7H2,1H3,(H,18,20). The first-order valence-electron chi connectivity index (χ1n) is 7.22. The Morgan fingerprint density at radius 3 is 2.55 bits per heavy atom. The maximum Gasteiger partial charge on any atom is 0.271 e. The number of amides is 1. The summed E-state index contributed by atoms with van der Waals surface area (Å²) >= 11 is 0. The second kappa shape index (κ2) is 7.36. The lowest BCUT2D eigenvalue weighted by Gasteiger charge is -2.16. The van der Waals surface area contributed by atoms with Crippen LogP contribution in [0.3, 0.4) is 0 Å². The van der Waals surface area contributed by atoms with Gasteiger partial charge in [-0.05, 0) is 18.1 Å². The van der Waals surface area contributed by atoms with E-state index < -0.39 is 4.92 Å². The molecule has 0 aliphatic heterocycles. The minimum Gasteiger partial charge on any atom is -0.325 e. The van der Waals surface area contributed by atoms with Crippen molar-refractivity contribution >= 4 is 17.3 Å². The molecule has 0 bridgehead atoms. The summed E-state index contributed by atoms with van der Waals surface area (Å²) in [6, 6.07) is 15.5. The number of rotatable bonds is 6. The van der Waals surface area contributed by atoms with Crippen LogP contribution in [0.1, 0.15) is 31.2 Å². The van der Waals surface area contributed by atoms with Gasteiger partial charge < -0.3 is 5.32 Å². The number of carbonyl (C=O) groups excluding carboxylic acids is 1. The van der Waals surface area contributed by atoms with Crippen molar-refractivity contribution in [3.63, 3.8) is 0 Å². The van der Waals surface area contributed by atoms with Crippen LogP contribution in [0.15, 0.2) is 54.6 Å². The Balaban J connectivity index is 2.18. The average molecular weight is 298 g/mol. The molecule has 0 saturated carbocycles. The summed E-state index contributed by atoms with van der Waals surface area (Å²) in [5, 5.41) is 13.6. The van der Waals surface area contributed by atoms with Crippen molar-refractivity contribution in [1.82, 2.24) is 0 Å². The molecule has 1 amide bonds. The van der Waals surface area contributed by atoms with Crippen LogP contribution in [0.2, 0.25) is 0 Å². The third-order valence-corrected chi connectivity index (χ3v) is 3.42. The third kappa shape index (κ3) is 3.91. The van der Waals surface area contributed by atoms with E-state index in [-0.39, 0.29) is 17.5 Å². The van der Waals surface area contributed by atoms with E-state index in [1.54, 1.807) is 12.1 Å². The smallest absolute Gasteiger partial charge is 0.271 e. The van der Waals surface area contributed by atoms with Crippen LogP contribution in [-0.2, 0) is 4.79 Å². The Bertz CT molecular complexity index is 656. The molecule has 0 spiro atoms. The van der Waals surface area contributed by atoms with Crippen molar-refractivity contribution in [3.8, 4) is 0 Å². The van der Waals surface area contributed by atoms with Crippen LogP contribution >= 0.6 is 0 Å².